The summed E-state index contributed by atoms with van der Waals surface area (Å²) in [6, 6.07) is 0. The van der Waals surface area contributed by atoms with Crippen LogP contribution in [-0.4, -0.2) is 55.3 Å². The topological polar surface area (TPSA) is 110 Å². The Morgan fingerprint density at radius 3 is 1.84 bits per heavy atom. The van der Waals surface area contributed by atoms with Gasteiger partial charge in [0.05, 0.1) is 11.8 Å². The third kappa shape index (κ3) is 5.70. The molecule has 0 aliphatic heterocycles. The standard InChI is InChI=1S/C8H10BF3O7/c10-2-8(3-11,4-12)1-5(13)18-6(14)7(15)19-9(16)17/h16-17H,1-4H2. The maximum atomic E-state index is 12.4. The molecule has 19 heavy (non-hydrogen) atoms. The molecule has 0 heterocycles. The molecule has 108 valence electrons. The third-order valence-corrected chi connectivity index (χ3v) is 1.96. The summed E-state index contributed by atoms with van der Waals surface area (Å²) in [6.07, 6.45) is -1.11. The van der Waals surface area contributed by atoms with Crippen LogP contribution in [0.15, 0.2) is 0 Å². The van der Waals surface area contributed by atoms with Gasteiger partial charge in [0.1, 0.15) is 20.0 Å². The first kappa shape index (κ1) is 17.4. The number of hydrogen-bond donors (Lipinski definition) is 2. The smallest absolute Gasteiger partial charge is 0.476 e. The Hall–Kier alpha value is -1.62. The number of alkyl halides is 3. The molecule has 0 atom stereocenters. The van der Waals surface area contributed by atoms with Gasteiger partial charge in [0.25, 0.3) is 0 Å². The van der Waals surface area contributed by atoms with E-state index in [4.69, 9.17) is 10.0 Å². The van der Waals surface area contributed by atoms with Gasteiger partial charge in [-0.3, -0.25) is 18.0 Å². The molecule has 0 aromatic heterocycles. The van der Waals surface area contributed by atoms with Gasteiger partial charge < -0.3 is 19.4 Å². The number of carbonyl (C=O) groups excluding carboxylic acids is 3. The van der Waals surface area contributed by atoms with Crippen molar-refractivity contribution in [1.82, 2.24) is 0 Å². The van der Waals surface area contributed by atoms with Gasteiger partial charge in [0, 0.05) is 0 Å². The van der Waals surface area contributed by atoms with E-state index in [1.807, 2.05) is 0 Å². The second kappa shape index (κ2) is 7.74. The van der Waals surface area contributed by atoms with Crippen LogP contribution in [0.25, 0.3) is 0 Å². The molecule has 0 amide bonds. The van der Waals surface area contributed by atoms with Gasteiger partial charge >= 0.3 is 25.2 Å². The van der Waals surface area contributed by atoms with Crippen molar-refractivity contribution in [1.29, 1.82) is 0 Å². The molecule has 0 unspecified atom stereocenters. The summed E-state index contributed by atoms with van der Waals surface area (Å²) in [5.74, 6) is -5.39. The Kier molecular flexibility index (Phi) is 7.08. The summed E-state index contributed by atoms with van der Waals surface area (Å²) in [5.41, 5.74) is -2.27. The van der Waals surface area contributed by atoms with Gasteiger partial charge in [-0.25, -0.2) is 9.59 Å². The van der Waals surface area contributed by atoms with Gasteiger partial charge in [-0.15, -0.1) is 0 Å². The van der Waals surface area contributed by atoms with Crippen molar-refractivity contribution in [3.8, 4) is 0 Å². The zero-order valence-corrected chi connectivity index (χ0v) is 9.48. The molecule has 11 heteroatoms. The van der Waals surface area contributed by atoms with E-state index in [-0.39, 0.29) is 0 Å². The molecular weight excluding hydrogens is 276 g/mol. The lowest BCUT2D eigenvalue weighted by atomic mass is 9.89. The highest BCUT2D eigenvalue weighted by Crippen LogP contribution is 2.25. The molecule has 0 spiro atoms. The summed E-state index contributed by atoms with van der Waals surface area (Å²) in [5, 5.41) is 16.4. The van der Waals surface area contributed by atoms with E-state index >= 15 is 0 Å². The zero-order valence-electron chi connectivity index (χ0n) is 9.48. The number of ether oxygens (including phenoxy) is 1. The summed E-state index contributed by atoms with van der Waals surface area (Å²) < 4.78 is 44.6. The lowest BCUT2D eigenvalue weighted by molar-refractivity contribution is -0.172. The number of carbonyl (C=O) groups is 3. The van der Waals surface area contributed by atoms with Crippen molar-refractivity contribution in [3.63, 3.8) is 0 Å². The summed E-state index contributed by atoms with van der Waals surface area (Å²) in [4.78, 5) is 32.6. The molecule has 0 aliphatic carbocycles. The highest BCUT2D eigenvalue weighted by atomic mass is 19.1. The second-order valence-corrected chi connectivity index (χ2v) is 3.57. The lowest BCUT2D eigenvalue weighted by Crippen LogP contribution is -2.35. The summed E-state index contributed by atoms with van der Waals surface area (Å²) in [6.45, 7) is -4.53. The SMILES string of the molecule is O=C(CC(CF)(CF)CF)OC(=O)C(=O)OB(O)O. The minimum Gasteiger partial charge on any atom is -0.476 e. The van der Waals surface area contributed by atoms with Gasteiger partial charge in [-0.1, -0.05) is 0 Å². The quantitative estimate of drug-likeness (QED) is 0.274. The van der Waals surface area contributed by atoms with E-state index in [1.54, 1.807) is 0 Å². The van der Waals surface area contributed by atoms with Crippen molar-refractivity contribution >= 4 is 25.2 Å². The van der Waals surface area contributed by atoms with Gasteiger partial charge in [0.15, 0.2) is 0 Å². The molecule has 0 radical (unpaired) electrons. The van der Waals surface area contributed by atoms with Crippen molar-refractivity contribution in [2.45, 2.75) is 6.42 Å². The molecule has 0 bridgehead atoms. The predicted molar refractivity (Wildman–Crippen MR) is 52.4 cm³/mol. The van der Waals surface area contributed by atoms with E-state index in [9.17, 15) is 27.6 Å². The van der Waals surface area contributed by atoms with Crippen molar-refractivity contribution in [2.24, 2.45) is 5.41 Å². The monoisotopic (exact) mass is 286 g/mol. The van der Waals surface area contributed by atoms with Crippen molar-refractivity contribution < 1.29 is 47.0 Å². The number of halogens is 3. The van der Waals surface area contributed by atoms with Crippen molar-refractivity contribution in [2.75, 3.05) is 20.0 Å². The van der Waals surface area contributed by atoms with E-state index in [0.29, 0.717) is 0 Å². The molecule has 0 aromatic rings. The molecule has 0 saturated heterocycles. The highest BCUT2D eigenvalue weighted by Gasteiger charge is 2.36. The molecule has 0 aromatic carbocycles. The molecule has 7 nitrogen and oxygen atoms in total. The first-order valence-electron chi connectivity index (χ1n) is 4.80. The first-order chi connectivity index (χ1) is 8.80. The van der Waals surface area contributed by atoms with Crippen LogP contribution in [-0.2, 0) is 23.8 Å². The van der Waals surface area contributed by atoms with Crippen LogP contribution < -0.4 is 0 Å². The fourth-order valence-corrected chi connectivity index (χ4v) is 0.880. The normalized spacial score (nSPS) is 10.8. The fraction of sp³-hybridized carbons (Fsp3) is 0.625. The lowest BCUT2D eigenvalue weighted by Gasteiger charge is -2.22. The van der Waals surface area contributed by atoms with Gasteiger partial charge in [-0.2, -0.15) is 0 Å². The van der Waals surface area contributed by atoms with Gasteiger partial charge in [0.2, 0.25) is 0 Å². The van der Waals surface area contributed by atoms with Crippen LogP contribution in [0.2, 0.25) is 0 Å². The Morgan fingerprint density at radius 1 is 1.00 bits per heavy atom. The van der Waals surface area contributed by atoms with E-state index in [2.05, 4.69) is 9.39 Å². The molecule has 0 rings (SSSR count). The van der Waals surface area contributed by atoms with E-state index in [1.165, 1.54) is 0 Å². The van der Waals surface area contributed by atoms with Crippen LogP contribution in [0.4, 0.5) is 13.2 Å². The van der Waals surface area contributed by atoms with Crippen LogP contribution in [0, 0.1) is 5.41 Å². The first-order valence-corrected chi connectivity index (χ1v) is 4.80. The van der Waals surface area contributed by atoms with Gasteiger partial charge in [-0.05, 0) is 0 Å². The zero-order chi connectivity index (χ0) is 15.1. The average Bonchev–Trinajstić information content (AvgIpc) is 2.35. The molecular formula is C8H10BF3O7. The van der Waals surface area contributed by atoms with Crippen LogP contribution in [0.1, 0.15) is 6.42 Å². The highest BCUT2D eigenvalue weighted by molar-refractivity contribution is 6.43. The molecule has 0 fully saturated rings. The van der Waals surface area contributed by atoms with E-state index < -0.39 is 57.1 Å². The number of esters is 2. The Balaban J connectivity index is 4.46. The predicted octanol–water partition coefficient (Wildman–Crippen LogP) is -1.15. The Bertz CT molecular complexity index is 337. The third-order valence-electron chi connectivity index (χ3n) is 1.96. The Labute approximate surface area is 105 Å². The van der Waals surface area contributed by atoms with E-state index in [0.717, 1.165) is 0 Å². The number of hydrogen-bond acceptors (Lipinski definition) is 7. The largest absolute Gasteiger partial charge is 0.709 e. The average molecular weight is 286 g/mol. The molecule has 2 N–H and O–H groups in total. The minimum atomic E-state index is -2.60. The second-order valence-electron chi connectivity index (χ2n) is 3.57. The van der Waals surface area contributed by atoms with Crippen LogP contribution in [0.3, 0.4) is 0 Å². The summed E-state index contributed by atoms with van der Waals surface area (Å²) >= 11 is 0. The minimum absolute atomic E-state index is 1.11. The fourth-order valence-electron chi connectivity index (χ4n) is 0.880. The van der Waals surface area contributed by atoms with Crippen LogP contribution >= 0.6 is 0 Å². The number of rotatable bonds is 6. The van der Waals surface area contributed by atoms with Crippen molar-refractivity contribution in [3.05, 3.63) is 0 Å². The molecule has 0 saturated carbocycles. The molecule has 0 aliphatic rings. The summed E-state index contributed by atoms with van der Waals surface area (Å²) in [7, 11) is -2.60. The Morgan fingerprint density at radius 2 is 1.47 bits per heavy atom. The maximum absolute atomic E-state index is 12.4. The van der Waals surface area contributed by atoms with Crippen LogP contribution in [0.5, 0.6) is 0 Å². The maximum Gasteiger partial charge on any atom is 0.709 e.